The molecule has 0 heterocycles. The molecule has 1 aromatic carbocycles. The van der Waals surface area contributed by atoms with Crippen molar-refractivity contribution in [1.29, 1.82) is 0 Å². The van der Waals surface area contributed by atoms with Crippen LogP contribution in [0.15, 0.2) is 24.3 Å². The van der Waals surface area contributed by atoms with Gasteiger partial charge in [0.2, 0.25) is 0 Å². The monoisotopic (exact) mass is 275 g/mol. The molecule has 112 valence electrons. The van der Waals surface area contributed by atoms with Crippen LogP contribution in [0, 0.1) is 11.8 Å². The van der Waals surface area contributed by atoms with E-state index < -0.39 is 0 Å². The Hall–Kier alpha value is -1.15. The highest BCUT2D eigenvalue weighted by Gasteiger charge is 2.15. The summed E-state index contributed by atoms with van der Waals surface area (Å²) >= 11 is 0. The van der Waals surface area contributed by atoms with E-state index in [9.17, 15) is 4.79 Å². The van der Waals surface area contributed by atoms with Crippen molar-refractivity contribution in [3.05, 3.63) is 35.4 Å². The van der Waals surface area contributed by atoms with Gasteiger partial charge in [0.25, 0.3) is 0 Å². The van der Waals surface area contributed by atoms with Gasteiger partial charge in [-0.3, -0.25) is 4.79 Å². The maximum Gasteiger partial charge on any atom is 0.162 e. The van der Waals surface area contributed by atoms with Gasteiger partial charge in [-0.2, -0.15) is 0 Å². The quantitative estimate of drug-likeness (QED) is 0.686. The first-order valence-corrected chi connectivity index (χ1v) is 7.90. The lowest BCUT2D eigenvalue weighted by Crippen LogP contribution is -2.15. The first kappa shape index (κ1) is 16.9. The van der Waals surface area contributed by atoms with Crippen LogP contribution in [-0.2, 0) is 6.42 Å². The minimum absolute atomic E-state index is 0.260. The number of hydrogen-bond donors (Lipinski definition) is 1. The van der Waals surface area contributed by atoms with Gasteiger partial charge in [0.15, 0.2) is 5.78 Å². The number of hydrogen-bond acceptors (Lipinski definition) is 2. The zero-order valence-electron chi connectivity index (χ0n) is 13.2. The number of rotatable bonds is 9. The zero-order chi connectivity index (χ0) is 15.0. The molecule has 1 rings (SSSR count). The molecule has 0 aliphatic rings. The molecular formula is C18H29NO. The van der Waals surface area contributed by atoms with Gasteiger partial charge >= 0.3 is 0 Å². The molecule has 0 radical (unpaired) electrons. The van der Waals surface area contributed by atoms with Crippen LogP contribution in [0.4, 0.5) is 0 Å². The Morgan fingerprint density at radius 2 is 1.80 bits per heavy atom. The molecule has 0 saturated carbocycles. The van der Waals surface area contributed by atoms with Gasteiger partial charge in [-0.1, -0.05) is 51.5 Å². The maximum absolute atomic E-state index is 12.2. The summed E-state index contributed by atoms with van der Waals surface area (Å²) in [4.78, 5) is 12.2. The van der Waals surface area contributed by atoms with Crippen molar-refractivity contribution in [2.75, 3.05) is 6.54 Å². The molecule has 1 aromatic rings. The molecule has 0 aliphatic carbocycles. The third-order valence-corrected chi connectivity index (χ3v) is 4.04. The summed E-state index contributed by atoms with van der Waals surface area (Å²) in [5, 5.41) is 0. The van der Waals surface area contributed by atoms with Gasteiger partial charge in [0.05, 0.1) is 0 Å². The van der Waals surface area contributed by atoms with E-state index in [2.05, 4.69) is 32.9 Å². The molecule has 1 unspecified atom stereocenters. The zero-order valence-corrected chi connectivity index (χ0v) is 13.2. The van der Waals surface area contributed by atoms with Gasteiger partial charge in [-0.25, -0.2) is 0 Å². The summed E-state index contributed by atoms with van der Waals surface area (Å²) < 4.78 is 0. The molecule has 2 N–H and O–H groups in total. The Bertz CT molecular complexity index is 394. The summed E-state index contributed by atoms with van der Waals surface area (Å²) in [5.41, 5.74) is 7.80. The lowest BCUT2D eigenvalue weighted by molar-refractivity contribution is 0.0969. The Balaban J connectivity index is 2.53. The SMILES string of the molecule is CCCc1ccc(C(=O)CCC(CCN)C(C)C)cc1. The van der Waals surface area contributed by atoms with Gasteiger partial charge in [0.1, 0.15) is 0 Å². The summed E-state index contributed by atoms with van der Waals surface area (Å²) in [6.45, 7) is 7.31. The van der Waals surface area contributed by atoms with Crippen molar-refractivity contribution >= 4 is 5.78 Å². The van der Waals surface area contributed by atoms with Crippen LogP contribution in [0.1, 0.15) is 62.4 Å². The number of Topliss-reactive ketones (excluding diaryl/α,β-unsaturated/α-hetero) is 1. The van der Waals surface area contributed by atoms with Crippen LogP contribution in [0.3, 0.4) is 0 Å². The minimum atomic E-state index is 0.260. The van der Waals surface area contributed by atoms with Gasteiger partial charge < -0.3 is 5.73 Å². The maximum atomic E-state index is 12.2. The van der Waals surface area contributed by atoms with Crippen LogP contribution in [0.5, 0.6) is 0 Å². The molecule has 0 fully saturated rings. The van der Waals surface area contributed by atoms with Gasteiger partial charge in [0, 0.05) is 12.0 Å². The highest BCUT2D eigenvalue weighted by molar-refractivity contribution is 5.96. The molecule has 0 spiro atoms. The molecule has 20 heavy (non-hydrogen) atoms. The second kappa shape index (κ2) is 8.91. The van der Waals surface area contributed by atoms with Crippen molar-refractivity contribution in [1.82, 2.24) is 0 Å². The van der Waals surface area contributed by atoms with Crippen molar-refractivity contribution in [3.8, 4) is 0 Å². The third-order valence-electron chi connectivity index (χ3n) is 4.04. The predicted molar refractivity (Wildman–Crippen MR) is 86.0 cm³/mol. The number of carbonyl (C=O) groups excluding carboxylic acids is 1. The number of nitrogens with two attached hydrogens (primary N) is 1. The summed E-state index contributed by atoms with van der Waals surface area (Å²) in [7, 11) is 0. The van der Waals surface area contributed by atoms with E-state index in [-0.39, 0.29) is 5.78 Å². The Kier molecular flexibility index (Phi) is 7.53. The van der Waals surface area contributed by atoms with Crippen LogP contribution in [0.2, 0.25) is 0 Å². The second-order valence-electron chi connectivity index (χ2n) is 5.99. The van der Waals surface area contributed by atoms with Crippen molar-refractivity contribution in [2.45, 2.75) is 52.9 Å². The Labute approximate surface area is 123 Å². The highest BCUT2D eigenvalue weighted by Crippen LogP contribution is 2.21. The van der Waals surface area contributed by atoms with Crippen LogP contribution in [0.25, 0.3) is 0 Å². The molecule has 2 nitrogen and oxygen atoms in total. The fourth-order valence-electron chi connectivity index (χ4n) is 2.63. The number of benzene rings is 1. The average molecular weight is 275 g/mol. The predicted octanol–water partition coefficient (Wildman–Crippen LogP) is 4.22. The normalized spacial score (nSPS) is 12.7. The number of carbonyl (C=O) groups is 1. The summed E-state index contributed by atoms with van der Waals surface area (Å²) in [5.74, 6) is 1.41. The highest BCUT2D eigenvalue weighted by atomic mass is 16.1. The van der Waals surface area contributed by atoms with Crippen LogP contribution >= 0.6 is 0 Å². The van der Waals surface area contributed by atoms with E-state index in [0.717, 1.165) is 31.2 Å². The van der Waals surface area contributed by atoms with E-state index in [1.54, 1.807) is 0 Å². The summed E-state index contributed by atoms with van der Waals surface area (Å²) in [6.07, 6.45) is 4.82. The van der Waals surface area contributed by atoms with Crippen molar-refractivity contribution in [3.63, 3.8) is 0 Å². The van der Waals surface area contributed by atoms with Gasteiger partial charge in [-0.05, 0) is 43.2 Å². The first-order valence-electron chi connectivity index (χ1n) is 7.90. The largest absolute Gasteiger partial charge is 0.330 e. The standard InChI is InChI=1S/C18H29NO/c1-4-5-15-6-8-17(9-7-15)18(20)11-10-16(12-13-19)14(2)3/h6-9,14,16H,4-5,10-13,19H2,1-3H3. The molecule has 0 bridgehead atoms. The van der Waals surface area contributed by atoms with Gasteiger partial charge in [-0.15, -0.1) is 0 Å². The number of aryl methyl sites for hydroxylation is 1. The van der Waals surface area contributed by atoms with E-state index in [0.29, 0.717) is 24.8 Å². The van der Waals surface area contributed by atoms with Crippen molar-refractivity contribution < 1.29 is 4.79 Å². The molecular weight excluding hydrogens is 246 g/mol. The van der Waals surface area contributed by atoms with E-state index in [1.807, 2.05) is 12.1 Å². The molecule has 1 atom stereocenters. The van der Waals surface area contributed by atoms with Crippen LogP contribution < -0.4 is 5.73 Å². The van der Waals surface area contributed by atoms with Crippen molar-refractivity contribution in [2.24, 2.45) is 17.6 Å². The first-order chi connectivity index (χ1) is 9.58. The Morgan fingerprint density at radius 3 is 2.30 bits per heavy atom. The molecule has 0 amide bonds. The topological polar surface area (TPSA) is 43.1 Å². The molecule has 2 heteroatoms. The fourth-order valence-corrected chi connectivity index (χ4v) is 2.63. The lowest BCUT2D eigenvalue weighted by atomic mass is 9.87. The summed E-state index contributed by atoms with van der Waals surface area (Å²) in [6, 6.07) is 8.11. The van der Waals surface area contributed by atoms with Crippen LogP contribution in [-0.4, -0.2) is 12.3 Å². The average Bonchev–Trinajstić information content (AvgIpc) is 2.44. The third kappa shape index (κ3) is 5.46. The fraction of sp³-hybridized carbons (Fsp3) is 0.611. The van der Waals surface area contributed by atoms with E-state index in [4.69, 9.17) is 5.73 Å². The molecule has 0 aromatic heterocycles. The van der Waals surface area contributed by atoms with E-state index in [1.165, 1.54) is 5.56 Å². The Morgan fingerprint density at radius 1 is 1.15 bits per heavy atom. The smallest absolute Gasteiger partial charge is 0.162 e. The molecule has 0 aliphatic heterocycles. The second-order valence-corrected chi connectivity index (χ2v) is 5.99. The molecule has 0 saturated heterocycles. The lowest BCUT2D eigenvalue weighted by Gasteiger charge is -2.19. The van der Waals surface area contributed by atoms with E-state index >= 15 is 0 Å². The minimum Gasteiger partial charge on any atom is -0.330 e. The number of ketones is 1.